The molecule has 25 heavy (non-hydrogen) atoms. The van der Waals surface area contributed by atoms with Crippen molar-refractivity contribution >= 4 is 0 Å². The highest BCUT2D eigenvalue weighted by Gasteiger charge is 2.17. The van der Waals surface area contributed by atoms with E-state index in [0.717, 1.165) is 29.0 Å². The van der Waals surface area contributed by atoms with Gasteiger partial charge in [-0.3, -0.25) is 0 Å². The molecule has 0 nitrogen and oxygen atoms in total. The maximum absolute atomic E-state index is 13.0. The summed E-state index contributed by atoms with van der Waals surface area (Å²) in [4.78, 5) is 0. The van der Waals surface area contributed by atoms with Crippen molar-refractivity contribution in [3.05, 3.63) is 72.1 Å². The molecule has 0 unspecified atom stereocenters. The van der Waals surface area contributed by atoms with E-state index >= 15 is 0 Å². The second kappa shape index (κ2) is 8.67. The lowest BCUT2D eigenvalue weighted by atomic mass is 9.82. The van der Waals surface area contributed by atoms with Gasteiger partial charge in [-0.25, -0.2) is 4.39 Å². The number of allylic oxidation sites excluding steroid dienone is 2. The molecule has 1 aliphatic rings. The molecule has 2 aromatic carbocycles. The van der Waals surface area contributed by atoms with Crippen LogP contribution in [0.15, 0.2) is 60.7 Å². The van der Waals surface area contributed by atoms with E-state index in [1.165, 1.54) is 37.8 Å². The predicted molar refractivity (Wildman–Crippen MR) is 104 cm³/mol. The highest BCUT2D eigenvalue weighted by Crippen LogP contribution is 2.29. The Morgan fingerprint density at radius 2 is 1.52 bits per heavy atom. The number of halogens is 1. The standard InChI is InChI=1S/C24H25F/c1-2-3-4-19-5-7-20(8-6-19)9-10-21-11-13-22(14-12-21)23-15-17-24(25)18-16-23/h3-4,11-20H,2,5-8H2,1H3/b4-3+/t19-,20-. The van der Waals surface area contributed by atoms with Crippen molar-refractivity contribution in [3.63, 3.8) is 0 Å². The van der Waals surface area contributed by atoms with Gasteiger partial charge in [-0.1, -0.05) is 55.2 Å². The van der Waals surface area contributed by atoms with Crippen molar-refractivity contribution in [2.45, 2.75) is 39.0 Å². The van der Waals surface area contributed by atoms with Crippen molar-refractivity contribution in [3.8, 4) is 23.0 Å². The van der Waals surface area contributed by atoms with E-state index in [0.29, 0.717) is 5.92 Å². The normalized spacial score (nSPS) is 20.2. The maximum atomic E-state index is 13.0. The molecule has 1 heteroatoms. The molecule has 128 valence electrons. The van der Waals surface area contributed by atoms with Gasteiger partial charge in [0.05, 0.1) is 0 Å². The molecular weight excluding hydrogens is 307 g/mol. The quantitative estimate of drug-likeness (QED) is 0.438. The Kier molecular flexibility index (Phi) is 6.07. The maximum Gasteiger partial charge on any atom is 0.123 e. The lowest BCUT2D eigenvalue weighted by Gasteiger charge is -2.23. The molecule has 3 rings (SSSR count). The van der Waals surface area contributed by atoms with Crippen LogP contribution in [0.25, 0.3) is 11.1 Å². The number of hydrogen-bond acceptors (Lipinski definition) is 0. The molecule has 0 heterocycles. The van der Waals surface area contributed by atoms with E-state index in [1.54, 1.807) is 12.1 Å². The Morgan fingerprint density at radius 1 is 0.920 bits per heavy atom. The molecule has 0 atom stereocenters. The second-order valence-electron chi connectivity index (χ2n) is 6.80. The van der Waals surface area contributed by atoms with Gasteiger partial charge in [0.2, 0.25) is 0 Å². The Morgan fingerprint density at radius 3 is 2.12 bits per heavy atom. The summed E-state index contributed by atoms with van der Waals surface area (Å²) >= 11 is 0. The van der Waals surface area contributed by atoms with Crippen LogP contribution in [0.5, 0.6) is 0 Å². The first kappa shape index (κ1) is 17.5. The highest BCUT2D eigenvalue weighted by molar-refractivity contribution is 5.64. The molecule has 0 aromatic heterocycles. The number of rotatable bonds is 3. The summed E-state index contributed by atoms with van der Waals surface area (Å²) in [5.41, 5.74) is 3.17. The molecule has 0 aliphatic heterocycles. The third kappa shape index (κ3) is 5.07. The van der Waals surface area contributed by atoms with E-state index in [-0.39, 0.29) is 5.82 Å². The summed E-state index contributed by atoms with van der Waals surface area (Å²) in [6.07, 6.45) is 10.8. The van der Waals surface area contributed by atoms with Gasteiger partial charge >= 0.3 is 0 Å². The van der Waals surface area contributed by atoms with Crippen LogP contribution in [0.3, 0.4) is 0 Å². The fraction of sp³-hybridized carbons (Fsp3) is 0.333. The van der Waals surface area contributed by atoms with Gasteiger partial charge in [-0.2, -0.15) is 0 Å². The largest absolute Gasteiger partial charge is 0.207 e. The first-order chi connectivity index (χ1) is 12.2. The third-order valence-electron chi connectivity index (χ3n) is 4.90. The zero-order chi connectivity index (χ0) is 17.5. The van der Waals surface area contributed by atoms with Gasteiger partial charge in [0.25, 0.3) is 0 Å². The Labute approximate surface area is 150 Å². The van der Waals surface area contributed by atoms with Crippen LogP contribution in [-0.2, 0) is 0 Å². The zero-order valence-corrected chi connectivity index (χ0v) is 14.8. The van der Waals surface area contributed by atoms with Crippen LogP contribution in [0.4, 0.5) is 4.39 Å². The second-order valence-corrected chi connectivity index (χ2v) is 6.80. The molecule has 2 aromatic rings. The van der Waals surface area contributed by atoms with Crippen molar-refractivity contribution in [1.82, 2.24) is 0 Å². The van der Waals surface area contributed by atoms with Crippen molar-refractivity contribution in [1.29, 1.82) is 0 Å². The molecule has 0 spiro atoms. The first-order valence-electron chi connectivity index (χ1n) is 9.29. The first-order valence-corrected chi connectivity index (χ1v) is 9.29. The third-order valence-corrected chi connectivity index (χ3v) is 4.90. The Bertz CT molecular complexity index is 748. The smallest absolute Gasteiger partial charge is 0.123 e. The van der Waals surface area contributed by atoms with E-state index in [4.69, 9.17) is 0 Å². The minimum absolute atomic E-state index is 0.203. The van der Waals surface area contributed by atoms with Crippen LogP contribution in [-0.4, -0.2) is 0 Å². The Hall–Kier alpha value is -2.33. The summed E-state index contributed by atoms with van der Waals surface area (Å²) in [7, 11) is 0. The van der Waals surface area contributed by atoms with Crippen LogP contribution in [0, 0.1) is 29.5 Å². The van der Waals surface area contributed by atoms with Gasteiger partial charge in [-0.15, -0.1) is 0 Å². The molecule has 0 bridgehead atoms. The fourth-order valence-electron chi connectivity index (χ4n) is 3.36. The van der Waals surface area contributed by atoms with Gasteiger partial charge in [-0.05, 0) is 73.4 Å². The van der Waals surface area contributed by atoms with E-state index in [9.17, 15) is 4.39 Å². The van der Waals surface area contributed by atoms with Crippen LogP contribution in [0.1, 0.15) is 44.6 Å². The minimum atomic E-state index is -0.203. The summed E-state index contributed by atoms with van der Waals surface area (Å²) in [5.74, 6) is 7.88. The zero-order valence-electron chi connectivity index (χ0n) is 14.8. The van der Waals surface area contributed by atoms with Gasteiger partial charge in [0.15, 0.2) is 0 Å². The number of benzene rings is 2. The summed E-state index contributed by atoms with van der Waals surface area (Å²) < 4.78 is 13.0. The molecule has 0 radical (unpaired) electrons. The van der Waals surface area contributed by atoms with E-state index in [1.807, 2.05) is 0 Å². The van der Waals surface area contributed by atoms with Gasteiger partial charge < -0.3 is 0 Å². The van der Waals surface area contributed by atoms with E-state index in [2.05, 4.69) is 55.2 Å². The molecule has 0 N–H and O–H groups in total. The fourth-order valence-corrected chi connectivity index (χ4v) is 3.36. The van der Waals surface area contributed by atoms with Crippen LogP contribution >= 0.6 is 0 Å². The van der Waals surface area contributed by atoms with Crippen molar-refractivity contribution < 1.29 is 4.39 Å². The molecule has 1 saturated carbocycles. The lowest BCUT2D eigenvalue weighted by Crippen LogP contribution is -2.11. The number of hydrogen-bond donors (Lipinski definition) is 0. The minimum Gasteiger partial charge on any atom is -0.207 e. The molecule has 0 amide bonds. The SMILES string of the molecule is CC/C=C/[C@H]1CC[C@H](C#Cc2ccc(-c3ccc(F)cc3)cc2)CC1. The average molecular weight is 332 g/mol. The lowest BCUT2D eigenvalue weighted by molar-refractivity contribution is 0.364. The molecule has 1 fully saturated rings. The topological polar surface area (TPSA) is 0 Å². The molecule has 1 aliphatic carbocycles. The van der Waals surface area contributed by atoms with Crippen LogP contribution < -0.4 is 0 Å². The van der Waals surface area contributed by atoms with Crippen molar-refractivity contribution in [2.75, 3.05) is 0 Å². The van der Waals surface area contributed by atoms with Gasteiger partial charge in [0, 0.05) is 11.5 Å². The molecule has 0 saturated heterocycles. The predicted octanol–water partition coefficient (Wildman–Crippen LogP) is 6.62. The van der Waals surface area contributed by atoms with Crippen molar-refractivity contribution in [2.24, 2.45) is 11.8 Å². The molecular formula is C24H25F. The average Bonchev–Trinajstić information content (AvgIpc) is 2.67. The Balaban J connectivity index is 1.58. The summed E-state index contributed by atoms with van der Waals surface area (Å²) in [6, 6.07) is 14.8. The van der Waals surface area contributed by atoms with Gasteiger partial charge in [0.1, 0.15) is 5.82 Å². The van der Waals surface area contributed by atoms with Crippen LogP contribution in [0.2, 0.25) is 0 Å². The highest BCUT2D eigenvalue weighted by atomic mass is 19.1. The summed E-state index contributed by atoms with van der Waals surface area (Å²) in [6.45, 7) is 2.19. The van der Waals surface area contributed by atoms with E-state index < -0.39 is 0 Å². The monoisotopic (exact) mass is 332 g/mol. The summed E-state index contributed by atoms with van der Waals surface area (Å²) in [5, 5.41) is 0.